The molecule has 3 heteroatoms. The topological polar surface area (TPSA) is 38.3 Å². The first-order chi connectivity index (χ1) is 6.15. The fourth-order valence-corrected chi connectivity index (χ4v) is 1.73. The van der Waals surface area contributed by atoms with Crippen LogP contribution in [0.1, 0.15) is 26.7 Å². The lowest BCUT2D eigenvalue weighted by Crippen LogP contribution is -2.37. The van der Waals surface area contributed by atoms with Gasteiger partial charge in [0.25, 0.3) is 0 Å². The van der Waals surface area contributed by atoms with E-state index >= 15 is 0 Å². The van der Waals surface area contributed by atoms with E-state index in [4.69, 9.17) is 4.74 Å². The molecule has 1 aliphatic rings. The fraction of sp³-hybridized carbons (Fsp3) is 0.900. The highest BCUT2D eigenvalue weighted by atomic mass is 16.5. The van der Waals surface area contributed by atoms with Gasteiger partial charge < -0.3 is 10.1 Å². The molecular weight excluding hydrogens is 166 g/mol. The molecule has 1 aliphatic heterocycles. The molecule has 1 N–H and O–H groups in total. The van der Waals surface area contributed by atoms with Crippen LogP contribution in [-0.2, 0) is 9.53 Å². The molecule has 0 saturated carbocycles. The van der Waals surface area contributed by atoms with Crippen LogP contribution in [0.25, 0.3) is 0 Å². The summed E-state index contributed by atoms with van der Waals surface area (Å²) in [5.74, 6) is 0.826. The van der Waals surface area contributed by atoms with Crippen molar-refractivity contribution < 1.29 is 9.53 Å². The summed E-state index contributed by atoms with van der Waals surface area (Å²) >= 11 is 0. The van der Waals surface area contributed by atoms with Crippen molar-refractivity contribution in [2.45, 2.75) is 32.8 Å². The average Bonchev–Trinajstić information content (AvgIpc) is 2.17. The third-order valence-corrected chi connectivity index (χ3v) is 2.68. The van der Waals surface area contributed by atoms with Gasteiger partial charge in [0.05, 0.1) is 6.10 Å². The second-order valence-corrected chi connectivity index (χ2v) is 3.99. The number of ether oxygens (including phenoxy) is 1. The van der Waals surface area contributed by atoms with E-state index in [0.29, 0.717) is 5.92 Å². The summed E-state index contributed by atoms with van der Waals surface area (Å²) in [5.41, 5.74) is 0. The zero-order chi connectivity index (χ0) is 9.84. The van der Waals surface area contributed by atoms with Gasteiger partial charge in [-0.25, -0.2) is 0 Å². The van der Waals surface area contributed by atoms with Crippen LogP contribution in [0.4, 0.5) is 0 Å². The molecule has 1 amide bonds. The van der Waals surface area contributed by atoms with E-state index in [9.17, 15) is 4.79 Å². The molecule has 1 fully saturated rings. The lowest BCUT2D eigenvalue weighted by atomic mass is 9.90. The molecule has 0 spiro atoms. The van der Waals surface area contributed by atoms with Gasteiger partial charge in [-0.1, -0.05) is 13.8 Å². The van der Waals surface area contributed by atoms with E-state index in [-0.39, 0.29) is 17.9 Å². The van der Waals surface area contributed by atoms with Crippen molar-refractivity contribution in [3.8, 4) is 0 Å². The Bertz CT molecular complexity index is 180. The lowest BCUT2D eigenvalue weighted by Gasteiger charge is -2.30. The molecule has 13 heavy (non-hydrogen) atoms. The molecule has 1 rings (SSSR count). The first kappa shape index (κ1) is 10.5. The Kier molecular flexibility index (Phi) is 3.72. The van der Waals surface area contributed by atoms with Gasteiger partial charge in [0.1, 0.15) is 0 Å². The number of carbonyl (C=O) groups excluding carboxylic acids is 1. The van der Waals surface area contributed by atoms with E-state index in [1.165, 1.54) is 0 Å². The second-order valence-electron chi connectivity index (χ2n) is 3.99. The molecule has 0 radical (unpaired) electrons. The highest BCUT2D eigenvalue weighted by Gasteiger charge is 2.28. The SMILES string of the molecule is CNC(=O)C1CCOC(C(C)C)C1. The zero-order valence-corrected chi connectivity index (χ0v) is 8.67. The molecule has 0 aromatic heterocycles. The molecule has 76 valence electrons. The van der Waals surface area contributed by atoms with Gasteiger partial charge in [-0.2, -0.15) is 0 Å². The Hall–Kier alpha value is -0.570. The van der Waals surface area contributed by atoms with Crippen LogP contribution in [0.15, 0.2) is 0 Å². The summed E-state index contributed by atoms with van der Waals surface area (Å²) in [4.78, 5) is 11.4. The minimum absolute atomic E-state index is 0.158. The van der Waals surface area contributed by atoms with Crippen molar-refractivity contribution in [3.05, 3.63) is 0 Å². The van der Waals surface area contributed by atoms with Crippen molar-refractivity contribution >= 4 is 5.91 Å². The molecule has 1 heterocycles. The summed E-state index contributed by atoms with van der Waals surface area (Å²) in [6.07, 6.45) is 2.00. The molecule has 3 nitrogen and oxygen atoms in total. The van der Waals surface area contributed by atoms with Crippen molar-refractivity contribution in [1.29, 1.82) is 0 Å². The summed E-state index contributed by atoms with van der Waals surface area (Å²) in [6.45, 7) is 4.99. The summed E-state index contributed by atoms with van der Waals surface area (Å²) < 4.78 is 5.58. The number of rotatable bonds is 2. The molecule has 0 aromatic carbocycles. The minimum Gasteiger partial charge on any atom is -0.378 e. The maximum Gasteiger partial charge on any atom is 0.223 e. The molecule has 0 aromatic rings. The third-order valence-electron chi connectivity index (χ3n) is 2.68. The van der Waals surface area contributed by atoms with Gasteiger partial charge in [-0.3, -0.25) is 4.79 Å². The molecular formula is C10H19NO2. The van der Waals surface area contributed by atoms with Crippen molar-refractivity contribution in [2.24, 2.45) is 11.8 Å². The number of hydrogen-bond acceptors (Lipinski definition) is 2. The number of nitrogens with one attached hydrogen (secondary N) is 1. The van der Waals surface area contributed by atoms with Gasteiger partial charge in [0.15, 0.2) is 0 Å². The number of carbonyl (C=O) groups is 1. The monoisotopic (exact) mass is 185 g/mol. The first-order valence-electron chi connectivity index (χ1n) is 4.98. The van der Waals surface area contributed by atoms with Crippen LogP contribution < -0.4 is 5.32 Å². The predicted octanol–water partition coefficient (Wildman–Crippen LogP) is 1.18. The van der Waals surface area contributed by atoms with Crippen LogP contribution in [0.5, 0.6) is 0 Å². The Morgan fingerprint density at radius 1 is 1.54 bits per heavy atom. The highest BCUT2D eigenvalue weighted by Crippen LogP contribution is 2.24. The summed E-state index contributed by atoms with van der Waals surface area (Å²) in [7, 11) is 1.70. The van der Waals surface area contributed by atoms with Gasteiger partial charge in [-0.15, -0.1) is 0 Å². The molecule has 2 atom stereocenters. The molecule has 0 bridgehead atoms. The van der Waals surface area contributed by atoms with E-state index in [1.807, 2.05) is 0 Å². The van der Waals surface area contributed by atoms with Gasteiger partial charge in [0, 0.05) is 19.6 Å². The Balaban J connectivity index is 2.46. The fourth-order valence-electron chi connectivity index (χ4n) is 1.73. The van der Waals surface area contributed by atoms with Crippen molar-refractivity contribution in [2.75, 3.05) is 13.7 Å². The quantitative estimate of drug-likeness (QED) is 0.701. The predicted molar refractivity (Wildman–Crippen MR) is 51.4 cm³/mol. The first-order valence-corrected chi connectivity index (χ1v) is 4.98. The molecule has 1 saturated heterocycles. The van der Waals surface area contributed by atoms with E-state index in [2.05, 4.69) is 19.2 Å². The summed E-state index contributed by atoms with van der Waals surface area (Å²) in [5, 5.41) is 2.70. The van der Waals surface area contributed by atoms with E-state index < -0.39 is 0 Å². The summed E-state index contributed by atoms with van der Waals surface area (Å²) in [6, 6.07) is 0. The number of amides is 1. The minimum atomic E-state index is 0.158. The van der Waals surface area contributed by atoms with Gasteiger partial charge in [0.2, 0.25) is 5.91 Å². The van der Waals surface area contributed by atoms with Crippen LogP contribution >= 0.6 is 0 Å². The normalized spacial score (nSPS) is 28.9. The van der Waals surface area contributed by atoms with Gasteiger partial charge >= 0.3 is 0 Å². The Morgan fingerprint density at radius 3 is 2.77 bits per heavy atom. The number of hydrogen-bond donors (Lipinski definition) is 1. The second kappa shape index (κ2) is 4.61. The lowest BCUT2D eigenvalue weighted by molar-refractivity contribution is -0.130. The maximum absolute atomic E-state index is 11.4. The zero-order valence-electron chi connectivity index (χ0n) is 8.67. The molecule has 0 aliphatic carbocycles. The van der Waals surface area contributed by atoms with Crippen LogP contribution in [0.2, 0.25) is 0 Å². The Morgan fingerprint density at radius 2 is 2.23 bits per heavy atom. The average molecular weight is 185 g/mol. The largest absolute Gasteiger partial charge is 0.378 e. The smallest absolute Gasteiger partial charge is 0.223 e. The maximum atomic E-state index is 11.4. The standard InChI is InChI=1S/C10H19NO2/c1-7(2)9-6-8(4-5-13-9)10(12)11-3/h7-9H,4-6H2,1-3H3,(H,11,12). The van der Waals surface area contributed by atoms with E-state index in [1.54, 1.807) is 7.05 Å². The Labute approximate surface area is 79.8 Å². The third kappa shape index (κ3) is 2.69. The molecule has 2 unspecified atom stereocenters. The highest BCUT2D eigenvalue weighted by molar-refractivity contribution is 5.78. The van der Waals surface area contributed by atoms with Crippen molar-refractivity contribution in [3.63, 3.8) is 0 Å². The van der Waals surface area contributed by atoms with Crippen LogP contribution in [0.3, 0.4) is 0 Å². The van der Waals surface area contributed by atoms with Gasteiger partial charge in [-0.05, 0) is 18.8 Å². The van der Waals surface area contributed by atoms with Crippen LogP contribution in [0, 0.1) is 11.8 Å². The van der Waals surface area contributed by atoms with Crippen LogP contribution in [-0.4, -0.2) is 25.7 Å². The van der Waals surface area contributed by atoms with Crippen molar-refractivity contribution in [1.82, 2.24) is 5.32 Å². The van der Waals surface area contributed by atoms with E-state index in [0.717, 1.165) is 19.4 Å².